The Hall–Kier alpha value is -1.06. The summed E-state index contributed by atoms with van der Waals surface area (Å²) in [7, 11) is 0. The van der Waals surface area contributed by atoms with Crippen molar-refractivity contribution in [3.8, 4) is 0 Å². The molecule has 0 aromatic heterocycles. The van der Waals surface area contributed by atoms with Gasteiger partial charge in [-0.1, -0.05) is 31.5 Å². The summed E-state index contributed by atoms with van der Waals surface area (Å²) in [6, 6.07) is 5.89. The van der Waals surface area contributed by atoms with E-state index < -0.39 is 5.38 Å². The van der Waals surface area contributed by atoms with Crippen molar-refractivity contribution in [1.29, 1.82) is 0 Å². The Morgan fingerprint density at radius 2 is 2.00 bits per heavy atom. The van der Waals surface area contributed by atoms with E-state index in [4.69, 9.17) is 16.3 Å². The van der Waals surface area contributed by atoms with Crippen molar-refractivity contribution in [3.63, 3.8) is 0 Å². The summed E-state index contributed by atoms with van der Waals surface area (Å²) in [5, 5.41) is 2.21. The van der Waals surface area contributed by atoms with Gasteiger partial charge in [0.2, 0.25) is 5.91 Å². The van der Waals surface area contributed by atoms with Crippen molar-refractivity contribution in [3.05, 3.63) is 29.3 Å². The summed E-state index contributed by atoms with van der Waals surface area (Å²) in [4.78, 5) is 12.0. The minimum absolute atomic E-state index is 0.212. The second-order valence-electron chi connectivity index (χ2n) is 4.65. The third-order valence-corrected chi connectivity index (χ3v) is 3.24. The van der Waals surface area contributed by atoms with Crippen molar-refractivity contribution in [2.24, 2.45) is 0 Å². The smallest absolute Gasteiger partial charge is 0.244 e. The molecule has 106 valence electrons. The van der Waals surface area contributed by atoms with E-state index in [1.165, 1.54) is 0 Å². The van der Waals surface area contributed by atoms with Crippen LogP contribution < -0.4 is 5.32 Å². The van der Waals surface area contributed by atoms with Gasteiger partial charge in [0.25, 0.3) is 0 Å². The fourth-order valence-corrected chi connectivity index (χ4v) is 1.87. The van der Waals surface area contributed by atoms with Gasteiger partial charge in [0, 0.05) is 12.3 Å². The molecule has 4 heteroatoms. The molecule has 1 N–H and O–H groups in total. The molecule has 1 unspecified atom stereocenters. The number of carbonyl (C=O) groups is 1. The molecule has 3 nitrogen and oxygen atoms in total. The molecule has 0 aliphatic heterocycles. The number of hydrogen-bond donors (Lipinski definition) is 1. The molecule has 0 radical (unpaired) electrons. The van der Waals surface area contributed by atoms with Gasteiger partial charge in [-0.3, -0.25) is 4.79 Å². The standard InChI is InChI=1S/C15H22ClNO2/c1-4-5-9-19-10-13(16)15(18)17-14-11(2)7-6-8-12(14)3/h6-8,13H,4-5,9-10H2,1-3H3,(H,17,18). The number of halogens is 1. The Kier molecular flexibility index (Phi) is 6.89. The van der Waals surface area contributed by atoms with Crippen LogP contribution in [0.15, 0.2) is 18.2 Å². The molecule has 0 fully saturated rings. The molecule has 0 aliphatic carbocycles. The van der Waals surface area contributed by atoms with Gasteiger partial charge >= 0.3 is 0 Å². The van der Waals surface area contributed by atoms with Crippen molar-refractivity contribution in [2.45, 2.75) is 39.0 Å². The van der Waals surface area contributed by atoms with Crippen molar-refractivity contribution < 1.29 is 9.53 Å². The van der Waals surface area contributed by atoms with Gasteiger partial charge in [-0.05, 0) is 31.4 Å². The van der Waals surface area contributed by atoms with Crippen LogP contribution in [-0.2, 0) is 9.53 Å². The molecule has 1 amide bonds. The molecule has 0 aliphatic rings. The monoisotopic (exact) mass is 283 g/mol. The van der Waals surface area contributed by atoms with Crippen LogP contribution >= 0.6 is 11.6 Å². The Bertz CT molecular complexity index is 400. The molecule has 1 aromatic rings. The predicted molar refractivity (Wildman–Crippen MR) is 79.9 cm³/mol. The first-order valence-electron chi connectivity index (χ1n) is 6.65. The summed E-state index contributed by atoms with van der Waals surface area (Å²) >= 11 is 6.03. The third kappa shape index (κ3) is 5.21. The number of benzene rings is 1. The van der Waals surface area contributed by atoms with Gasteiger partial charge in [0.15, 0.2) is 0 Å². The van der Waals surface area contributed by atoms with E-state index in [1.807, 2.05) is 32.0 Å². The zero-order valence-electron chi connectivity index (χ0n) is 11.8. The second-order valence-corrected chi connectivity index (χ2v) is 5.18. The summed E-state index contributed by atoms with van der Waals surface area (Å²) in [5.74, 6) is -0.212. The number of carbonyl (C=O) groups excluding carboxylic acids is 1. The average molecular weight is 284 g/mol. The van der Waals surface area contributed by atoms with Gasteiger partial charge in [-0.15, -0.1) is 11.6 Å². The lowest BCUT2D eigenvalue weighted by Gasteiger charge is -2.14. The van der Waals surface area contributed by atoms with Crippen LogP contribution in [0.3, 0.4) is 0 Å². The van der Waals surface area contributed by atoms with E-state index in [1.54, 1.807) is 0 Å². The maximum Gasteiger partial charge on any atom is 0.244 e. The fourth-order valence-electron chi connectivity index (χ4n) is 1.72. The normalized spacial score (nSPS) is 12.2. The molecule has 0 bridgehead atoms. The first-order chi connectivity index (χ1) is 9.06. The maximum atomic E-state index is 12.0. The lowest BCUT2D eigenvalue weighted by Crippen LogP contribution is -2.28. The lowest BCUT2D eigenvalue weighted by atomic mass is 10.1. The highest BCUT2D eigenvalue weighted by molar-refractivity contribution is 6.32. The first kappa shape index (κ1) is 16.0. The topological polar surface area (TPSA) is 38.3 Å². The van der Waals surface area contributed by atoms with Crippen LogP contribution in [0.1, 0.15) is 30.9 Å². The molecular weight excluding hydrogens is 262 g/mol. The number of nitrogens with one attached hydrogen (secondary N) is 1. The van der Waals surface area contributed by atoms with Crippen LogP contribution in [0, 0.1) is 13.8 Å². The summed E-state index contributed by atoms with van der Waals surface area (Å²) in [6.45, 7) is 6.91. The van der Waals surface area contributed by atoms with Crippen molar-refractivity contribution in [1.82, 2.24) is 0 Å². The largest absolute Gasteiger partial charge is 0.379 e. The van der Waals surface area contributed by atoms with E-state index in [9.17, 15) is 4.79 Å². The molecule has 0 saturated heterocycles. The molecule has 0 heterocycles. The number of hydrogen-bond acceptors (Lipinski definition) is 2. The van der Waals surface area contributed by atoms with Crippen LogP contribution in [0.5, 0.6) is 0 Å². The van der Waals surface area contributed by atoms with E-state index in [0.717, 1.165) is 29.7 Å². The summed E-state index contributed by atoms with van der Waals surface area (Å²) < 4.78 is 5.36. The zero-order chi connectivity index (χ0) is 14.3. The Morgan fingerprint density at radius 1 is 1.37 bits per heavy atom. The maximum absolute atomic E-state index is 12.0. The number of unbranched alkanes of at least 4 members (excludes halogenated alkanes) is 1. The van der Waals surface area contributed by atoms with Gasteiger partial charge in [0.1, 0.15) is 5.38 Å². The average Bonchev–Trinajstić information content (AvgIpc) is 2.38. The highest BCUT2D eigenvalue weighted by atomic mass is 35.5. The Morgan fingerprint density at radius 3 is 2.58 bits per heavy atom. The zero-order valence-corrected chi connectivity index (χ0v) is 12.6. The quantitative estimate of drug-likeness (QED) is 0.612. The first-order valence-corrected chi connectivity index (χ1v) is 7.08. The third-order valence-electron chi connectivity index (χ3n) is 2.92. The predicted octanol–water partition coefficient (Wildman–Crippen LogP) is 3.67. The Balaban J connectivity index is 2.50. The summed E-state index contributed by atoms with van der Waals surface area (Å²) in [5.41, 5.74) is 2.90. The molecule has 1 aromatic carbocycles. The molecule has 0 spiro atoms. The van der Waals surface area contributed by atoms with Gasteiger partial charge in [0.05, 0.1) is 6.61 Å². The van der Waals surface area contributed by atoms with Crippen LogP contribution in [-0.4, -0.2) is 24.5 Å². The molecule has 1 rings (SSSR count). The van der Waals surface area contributed by atoms with Crippen LogP contribution in [0.4, 0.5) is 5.69 Å². The molecule has 19 heavy (non-hydrogen) atoms. The van der Waals surface area contributed by atoms with Crippen LogP contribution in [0.25, 0.3) is 0 Å². The number of aryl methyl sites for hydroxylation is 2. The van der Waals surface area contributed by atoms with Gasteiger partial charge < -0.3 is 10.1 Å². The summed E-state index contributed by atoms with van der Waals surface area (Å²) in [6.07, 6.45) is 2.06. The van der Waals surface area contributed by atoms with Crippen LogP contribution in [0.2, 0.25) is 0 Å². The molecule has 0 saturated carbocycles. The van der Waals surface area contributed by atoms with E-state index in [-0.39, 0.29) is 12.5 Å². The lowest BCUT2D eigenvalue weighted by molar-refractivity contribution is -0.116. The minimum Gasteiger partial charge on any atom is -0.379 e. The van der Waals surface area contributed by atoms with Crippen molar-refractivity contribution in [2.75, 3.05) is 18.5 Å². The number of para-hydroxylation sites is 1. The van der Waals surface area contributed by atoms with Gasteiger partial charge in [-0.25, -0.2) is 0 Å². The number of rotatable bonds is 7. The highest BCUT2D eigenvalue weighted by Crippen LogP contribution is 2.20. The number of anilines is 1. The fraction of sp³-hybridized carbons (Fsp3) is 0.533. The number of alkyl halides is 1. The SMILES string of the molecule is CCCCOCC(Cl)C(=O)Nc1c(C)cccc1C. The van der Waals surface area contributed by atoms with E-state index in [0.29, 0.717) is 6.61 Å². The number of amides is 1. The highest BCUT2D eigenvalue weighted by Gasteiger charge is 2.17. The Labute approximate surface area is 120 Å². The van der Waals surface area contributed by atoms with E-state index in [2.05, 4.69) is 12.2 Å². The van der Waals surface area contributed by atoms with Gasteiger partial charge in [-0.2, -0.15) is 0 Å². The van der Waals surface area contributed by atoms with E-state index >= 15 is 0 Å². The van der Waals surface area contributed by atoms with Crippen molar-refractivity contribution >= 4 is 23.2 Å². The molecule has 1 atom stereocenters. The molecular formula is C15H22ClNO2. The number of ether oxygens (including phenoxy) is 1. The second kappa shape index (κ2) is 8.18. The minimum atomic E-state index is -0.657.